The normalized spacial score (nSPS) is 22.8. The van der Waals surface area contributed by atoms with E-state index in [4.69, 9.17) is 0 Å². The van der Waals surface area contributed by atoms with Gasteiger partial charge in [-0.25, -0.2) is 8.93 Å². The van der Waals surface area contributed by atoms with Gasteiger partial charge < -0.3 is 0 Å². The molecule has 18 heavy (non-hydrogen) atoms. The minimum atomic E-state index is -4.33. The van der Waals surface area contributed by atoms with Crippen molar-refractivity contribution in [2.24, 2.45) is 5.92 Å². The average Bonchev–Trinajstić information content (AvgIpc) is 2.23. The summed E-state index contributed by atoms with van der Waals surface area (Å²) >= 11 is 0. The smallest absolute Gasteiger partial charge is 0.242 e. The lowest BCUT2D eigenvalue weighted by molar-refractivity contribution is -0.165. The summed E-state index contributed by atoms with van der Waals surface area (Å²) in [4.78, 5) is 0. The molecule has 1 N–H and O–H groups in total. The van der Waals surface area contributed by atoms with Gasteiger partial charge in [0.05, 0.1) is 15.7 Å². The number of halogens is 3. The highest BCUT2D eigenvalue weighted by Crippen LogP contribution is 2.35. The van der Waals surface area contributed by atoms with Crippen LogP contribution in [0.25, 0.3) is 0 Å². The zero-order chi connectivity index (χ0) is 14.0. The highest BCUT2D eigenvalue weighted by atomic mass is 32.2. The summed E-state index contributed by atoms with van der Waals surface area (Å²) in [5.74, 6) is -0.440. The van der Waals surface area contributed by atoms with Crippen LogP contribution in [0.4, 0.5) is 13.2 Å². The molecule has 1 saturated carbocycles. The van der Waals surface area contributed by atoms with E-state index in [9.17, 15) is 17.4 Å². The zero-order valence-electron chi connectivity index (χ0n) is 11.1. The van der Waals surface area contributed by atoms with Gasteiger partial charge in [-0.05, 0) is 39.5 Å². The number of rotatable bonds is 3. The minimum absolute atomic E-state index is 0.440. The van der Waals surface area contributed by atoms with Gasteiger partial charge in [0.1, 0.15) is 6.04 Å². The summed E-state index contributed by atoms with van der Waals surface area (Å²) in [7, 11) is -1.69. The van der Waals surface area contributed by atoms with Crippen LogP contribution >= 0.6 is 0 Å². The van der Waals surface area contributed by atoms with Crippen molar-refractivity contribution in [3.8, 4) is 0 Å². The van der Waals surface area contributed by atoms with Crippen molar-refractivity contribution >= 4 is 11.0 Å². The molecule has 2 atom stereocenters. The van der Waals surface area contributed by atoms with Crippen molar-refractivity contribution in [1.29, 1.82) is 0 Å². The van der Waals surface area contributed by atoms with Gasteiger partial charge in [-0.1, -0.05) is 19.3 Å². The fraction of sp³-hybridized carbons (Fsp3) is 1.00. The fourth-order valence-corrected chi connectivity index (χ4v) is 3.10. The second-order valence-electron chi connectivity index (χ2n) is 5.92. The van der Waals surface area contributed by atoms with E-state index in [0.29, 0.717) is 12.8 Å². The third kappa shape index (κ3) is 4.53. The molecule has 0 aromatic heterocycles. The molecule has 0 radical (unpaired) electrons. The third-order valence-electron chi connectivity index (χ3n) is 3.26. The molecule has 0 saturated heterocycles. The Hall–Kier alpha value is -0.100. The maximum absolute atomic E-state index is 13.1. The maximum Gasteiger partial charge on any atom is 0.405 e. The van der Waals surface area contributed by atoms with Gasteiger partial charge >= 0.3 is 6.18 Å². The summed E-state index contributed by atoms with van der Waals surface area (Å²) < 4.78 is 52.7. The second-order valence-corrected chi connectivity index (χ2v) is 7.91. The molecule has 2 nitrogen and oxygen atoms in total. The van der Waals surface area contributed by atoms with Crippen molar-refractivity contribution < 1.29 is 17.4 Å². The quantitative estimate of drug-likeness (QED) is 0.844. The molecule has 1 rings (SSSR count). The Morgan fingerprint density at radius 1 is 1.11 bits per heavy atom. The molecule has 1 fully saturated rings. The molecular weight excluding hydrogens is 263 g/mol. The van der Waals surface area contributed by atoms with Crippen LogP contribution in [0.1, 0.15) is 52.9 Å². The molecule has 0 unspecified atom stereocenters. The Balaban J connectivity index is 2.76. The lowest BCUT2D eigenvalue weighted by Crippen LogP contribution is -2.51. The summed E-state index contributed by atoms with van der Waals surface area (Å²) in [5.41, 5.74) is 0. The lowest BCUT2D eigenvalue weighted by Gasteiger charge is -2.33. The van der Waals surface area contributed by atoms with Crippen molar-refractivity contribution in [2.75, 3.05) is 0 Å². The van der Waals surface area contributed by atoms with Crippen LogP contribution in [-0.4, -0.2) is 21.2 Å². The van der Waals surface area contributed by atoms with Gasteiger partial charge in [-0.2, -0.15) is 13.2 Å². The van der Waals surface area contributed by atoms with Crippen LogP contribution < -0.4 is 4.72 Å². The Morgan fingerprint density at radius 2 is 1.61 bits per heavy atom. The Labute approximate surface area is 109 Å². The standard InChI is InChI=1S/C12H22F3NOS/c1-11(2,3)18(17)16-10(12(13,14)15)9-7-5-4-6-8-9/h9-10,16H,4-8H2,1-3H3/t10-,18+/m0/s1. The molecule has 0 bridgehead atoms. The second kappa shape index (κ2) is 5.90. The molecule has 1 aliphatic rings. The molecule has 0 aliphatic heterocycles. The molecule has 0 spiro atoms. The summed E-state index contributed by atoms with van der Waals surface area (Å²) in [5, 5.41) is 0. The van der Waals surface area contributed by atoms with Crippen molar-refractivity contribution in [3.63, 3.8) is 0 Å². The summed E-state index contributed by atoms with van der Waals surface area (Å²) in [6, 6.07) is -1.64. The number of hydrogen-bond acceptors (Lipinski definition) is 1. The van der Waals surface area contributed by atoms with Crippen LogP contribution in [0.15, 0.2) is 0 Å². The first kappa shape index (κ1) is 16.0. The van der Waals surface area contributed by atoms with Gasteiger partial charge in [-0.15, -0.1) is 0 Å². The first-order valence-corrected chi connectivity index (χ1v) is 7.52. The van der Waals surface area contributed by atoms with Gasteiger partial charge in [0.2, 0.25) is 0 Å². The predicted molar refractivity (Wildman–Crippen MR) is 67.4 cm³/mol. The molecule has 0 aromatic rings. The third-order valence-corrected chi connectivity index (χ3v) is 4.84. The maximum atomic E-state index is 13.1. The van der Waals surface area contributed by atoms with E-state index in [1.807, 2.05) is 0 Å². The highest BCUT2D eigenvalue weighted by molar-refractivity contribution is 7.84. The monoisotopic (exact) mass is 285 g/mol. The van der Waals surface area contributed by atoms with E-state index >= 15 is 0 Å². The van der Waals surface area contributed by atoms with E-state index in [0.717, 1.165) is 19.3 Å². The number of alkyl halides is 3. The summed E-state index contributed by atoms with van der Waals surface area (Å²) in [6.45, 7) is 5.01. The van der Waals surface area contributed by atoms with Crippen LogP contribution in [0, 0.1) is 5.92 Å². The molecular formula is C12H22F3NOS. The number of nitrogens with one attached hydrogen (secondary N) is 1. The van der Waals surface area contributed by atoms with Crippen molar-refractivity contribution in [3.05, 3.63) is 0 Å². The minimum Gasteiger partial charge on any atom is -0.242 e. The Morgan fingerprint density at radius 3 is 2.00 bits per heavy atom. The summed E-state index contributed by atoms with van der Waals surface area (Å²) in [6.07, 6.45) is -0.522. The molecule has 1 aliphatic carbocycles. The van der Waals surface area contributed by atoms with Crippen LogP contribution in [0.3, 0.4) is 0 Å². The Kier molecular flexibility index (Phi) is 5.23. The van der Waals surface area contributed by atoms with E-state index in [1.54, 1.807) is 20.8 Å². The van der Waals surface area contributed by atoms with Crippen molar-refractivity contribution in [1.82, 2.24) is 4.72 Å². The van der Waals surface area contributed by atoms with Gasteiger partial charge in [0.25, 0.3) is 0 Å². The molecule has 0 aromatic carbocycles. The van der Waals surface area contributed by atoms with Gasteiger partial charge in [0.15, 0.2) is 0 Å². The molecule has 6 heteroatoms. The molecule has 0 amide bonds. The largest absolute Gasteiger partial charge is 0.405 e. The van der Waals surface area contributed by atoms with Crippen LogP contribution in [0.2, 0.25) is 0 Å². The van der Waals surface area contributed by atoms with E-state index in [1.165, 1.54) is 0 Å². The molecule has 0 heterocycles. The SMILES string of the molecule is CC(C)(C)[S@@](=O)N[C@@H](C1CCCCC1)C(F)(F)F. The first-order chi connectivity index (χ1) is 8.12. The zero-order valence-corrected chi connectivity index (χ0v) is 12.0. The van der Waals surface area contributed by atoms with E-state index in [2.05, 4.69) is 4.72 Å². The van der Waals surface area contributed by atoms with E-state index < -0.39 is 33.9 Å². The van der Waals surface area contributed by atoms with Gasteiger partial charge in [-0.3, -0.25) is 0 Å². The number of hydrogen-bond donors (Lipinski definition) is 1. The lowest BCUT2D eigenvalue weighted by atomic mass is 9.84. The topological polar surface area (TPSA) is 29.1 Å². The van der Waals surface area contributed by atoms with Gasteiger partial charge in [0, 0.05) is 0 Å². The van der Waals surface area contributed by atoms with E-state index in [-0.39, 0.29) is 0 Å². The van der Waals surface area contributed by atoms with Crippen LogP contribution in [-0.2, 0) is 11.0 Å². The average molecular weight is 285 g/mol. The highest BCUT2D eigenvalue weighted by Gasteiger charge is 2.46. The fourth-order valence-electron chi connectivity index (χ4n) is 2.19. The first-order valence-electron chi connectivity index (χ1n) is 6.37. The molecule has 108 valence electrons. The predicted octanol–water partition coefficient (Wildman–Crippen LogP) is 3.55. The van der Waals surface area contributed by atoms with Crippen molar-refractivity contribution in [2.45, 2.75) is 69.8 Å². The van der Waals surface area contributed by atoms with Crippen LogP contribution in [0.5, 0.6) is 0 Å². The Bertz CT molecular complexity index is 293.